The molecule has 2 aromatic rings. The Kier molecular flexibility index (Phi) is 4.07. The molecule has 5 nitrogen and oxygen atoms in total. The van der Waals surface area contributed by atoms with E-state index in [4.69, 9.17) is 0 Å². The van der Waals surface area contributed by atoms with Crippen molar-refractivity contribution < 1.29 is 9.53 Å². The minimum Gasteiger partial charge on any atom is -0.469 e. The molecule has 0 fully saturated rings. The third kappa shape index (κ3) is 3.77. The van der Waals surface area contributed by atoms with E-state index in [-0.39, 0.29) is 12.4 Å². The van der Waals surface area contributed by atoms with Crippen molar-refractivity contribution in [3.8, 4) is 0 Å². The highest BCUT2D eigenvalue weighted by atomic mass is 16.5. The Morgan fingerprint density at radius 2 is 2.00 bits per heavy atom. The Morgan fingerprint density at radius 3 is 2.63 bits per heavy atom. The van der Waals surface area contributed by atoms with Gasteiger partial charge in [0.2, 0.25) is 0 Å². The average molecular weight is 257 g/mol. The first-order valence-corrected chi connectivity index (χ1v) is 5.89. The van der Waals surface area contributed by atoms with Crippen molar-refractivity contribution >= 4 is 17.5 Å². The van der Waals surface area contributed by atoms with Crippen LogP contribution in [0.1, 0.15) is 11.3 Å². The molecule has 19 heavy (non-hydrogen) atoms. The number of aryl methyl sites for hydroxylation is 1. The fourth-order valence-electron chi connectivity index (χ4n) is 1.62. The fraction of sp³-hybridized carbons (Fsp3) is 0.214. The molecule has 1 heterocycles. The van der Waals surface area contributed by atoms with Crippen LogP contribution >= 0.6 is 0 Å². The molecule has 0 saturated heterocycles. The Hall–Kier alpha value is -2.43. The van der Waals surface area contributed by atoms with Crippen molar-refractivity contribution in [2.75, 3.05) is 12.4 Å². The van der Waals surface area contributed by atoms with E-state index >= 15 is 0 Å². The number of nitrogens with zero attached hydrogens (tertiary/aromatic N) is 2. The molecular formula is C14H15N3O2. The zero-order chi connectivity index (χ0) is 13.7. The van der Waals surface area contributed by atoms with Crippen LogP contribution in [0.4, 0.5) is 11.5 Å². The smallest absolute Gasteiger partial charge is 0.309 e. The Labute approximate surface area is 111 Å². The minimum atomic E-state index is -0.243. The van der Waals surface area contributed by atoms with Gasteiger partial charge in [0, 0.05) is 17.4 Å². The number of nitrogens with one attached hydrogen (secondary N) is 1. The molecule has 0 aliphatic heterocycles. The summed E-state index contributed by atoms with van der Waals surface area (Å²) in [5.74, 6) is 0.500. The second kappa shape index (κ2) is 5.95. The van der Waals surface area contributed by atoms with Gasteiger partial charge < -0.3 is 10.1 Å². The highest BCUT2D eigenvalue weighted by molar-refractivity contribution is 5.72. The maximum Gasteiger partial charge on any atom is 0.309 e. The first-order valence-electron chi connectivity index (χ1n) is 5.89. The van der Waals surface area contributed by atoms with E-state index in [9.17, 15) is 4.79 Å². The molecule has 0 aliphatic carbocycles. The Balaban J connectivity index is 2.04. The van der Waals surface area contributed by atoms with Crippen molar-refractivity contribution in [1.82, 2.24) is 9.97 Å². The van der Waals surface area contributed by atoms with E-state index in [1.165, 1.54) is 13.4 Å². The van der Waals surface area contributed by atoms with Gasteiger partial charge in [0.1, 0.15) is 12.1 Å². The van der Waals surface area contributed by atoms with Gasteiger partial charge in [-0.1, -0.05) is 12.1 Å². The van der Waals surface area contributed by atoms with Crippen LogP contribution < -0.4 is 5.32 Å². The number of esters is 1. The maximum absolute atomic E-state index is 11.1. The molecule has 1 N–H and O–H groups in total. The Morgan fingerprint density at radius 1 is 1.26 bits per heavy atom. The van der Waals surface area contributed by atoms with Gasteiger partial charge in [0.15, 0.2) is 0 Å². The van der Waals surface area contributed by atoms with Crippen molar-refractivity contribution in [3.63, 3.8) is 0 Å². The molecular weight excluding hydrogens is 242 g/mol. The van der Waals surface area contributed by atoms with E-state index < -0.39 is 0 Å². The zero-order valence-electron chi connectivity index (χ0n) is 10.9. The molecule has 0 aliphatic rings. The topological polar surface area (TPSA) is 64.1 Å². The van der Waals surface area contributed by atoms with E-state index in [2.05, 4.69) is 20.0 Å². The van der Waals surface area contributed by atoms with Crippen LogP contribution in [0.2, 0.25) is 0 Å². The van der Waals surface area contributed by atoms with Crippen molar-refractivity contribution in [2.45, 2.75) is 13.3 Å². The van der Waals surface area contributed by atoms with Crippen LogP contribution in [0.25, 0.3) is 0 Å². The molecule has 0 spiro atoms. The van der Waals surface area contributed by atoms with Crippen molar-refractivity contribution in [2.24, 2.45) is 0 Å². The number of ether oxygens (including phenoxy) is 1. The predicted molar refractivity (Wildman–Crippen MR) is 72.2 cm³/mol. The predicted octanol–water partition coefficient (Wildman–Crippen LogP) is 2.24. The van der Waals surface area contributed by atoms with E-state index in [0.29, 0.717) is 0 Å². The molecule has 2 rings (SSSR count). The summed E-state index contributed by atoms with van der Waals surface area (Å²) in [4.78, 5) is 19.3. The van der Waals surface area contributed by atoms with Gasteiger partial charge in [0.05, 0.1) is 13.5 Å². The number of carbonyl (C=O) groups is 1. The highest BCUT2D eigenvalue weighted by Crippen LogP contribution is 2.15. The van der Waals surface area contributed by atoms with Crippen molar-refractivity contribution in [1.29, 1.82) is 0 Å². The third-order valence-corrected chi connectivity index (χ3v) is 2.61. The van der Waals surface area contributed by atoms with Gasteiger partial charge >= 0.3 is 5.97 Å². The standard InChI is InChI=1S/C14H15N3O2/c1-10-7-13(16-9-15-10)17-12-5-3-11(4-6-12)8-14(18)19-2/h3-7,9H,8H2,1-2H3,(H,15,16,17). The summed E-state index contributed by atoms with van der Waals surface area (Å²) in [5.41, 5.74) is 2.72. The quantitative estimate of drug-likeness (QED) is 0.851. The molecule has 0 amide bonds. The number of rotatable bonds is 4. The lowest BCUT2D eigenvalue weighted by Crippen LogP contribution is -2.04. The number of aromatic nitrogens is 2. The Bertz CT molecular complexity index is 567. The number of hydrogen-bond acceptors (Lipinski definition) is 5. The van der Waals surface area contributed by atoms with Gasteiger partial charge in [0.25, 0.3) is 0 Å². The van der Waals surface area contributed by atoms with E-state index in [1.54, 1.807) is 0 Å². The summed E-state index contributed by atoms with van der Waals surface area (Å²) in [6.07, 6.45) is 1.80. The van der Waals surface area contributed by atoms with E-state index in [1.807, 2.05) is 37.3 Å². The lowest BCUT2D eigenvalue weighted by atomic mass is 10.1. The summed E-state index contributed by atoms with van der Waals surface area (Å²) in [6.45, 7) is 1.91. The fourth-order valence-corrected chi connectivity index (χ4v) is 1.62. The first kappa shape index (κ1) is 13.0. The van der Waals surface area contributed by atoms with E-state index in [0.717, 1.165) is 22.8 Å². The summed E-state index contributed by atoms with van der Waals surface area (Å²) < 4.78 is 4.62. The average Bonchev–Trinajstić information content (AvgIpc) is 2.41. The molecule has 5 heteroatoms. The van der Waals surface area contributed by atoms with Gasteiger partial charge in [-0.3, -0.25) is 4.79 Å². The van der Waals surface area contributed by atoms with Crippen LogP contribution in [0.3, 0.4) is 0 Å². The van der Waals surface area contributed by atoms with Crippen LogP contribution in [0, 0.1) is 6.92 Å². The van der Waals surface area contributed by atoms with Gasteiger partial charge in [-0.2, -0.15) is 0 Å². The number of hydrogen-bond donors (Lipinski definition) is 1. The first-order chi connectivity index (χ1) is 9.17. The highest BCUT2D eigenvalue weighted by Gasteiger charge is 2.03. The largest absolute Gasteiger partial charge is 0.469 e. The zero-order valence-corrected chi connectivity index (χ0v) is 10.9. The summed E-state index contributed by atoms with van der Waals surface area (Å²) >= 11 is 0. The molecule has 0 saturated carbocycles. The van der Waals surface area contributed by atoms with Gasteiger partial charge in [-0.15, -0.1) is 0 Å². The maximum atomic E-state index is 11.1. The van der Waals surface area contributed by atoms with Gasteiger partial charge in [-0.25, -0.2) is 9.97 Å². The second-order valence-corrected chi connectivity index (χ2v) is 4.12. The molecule has 0 unspecified atom stereocenters. The van der Waals surface area contributed by atoms with Gasteiger partial charge in [-0.05, 0) is 24.6 Å². The molecule has 0 bridgehead atoms. The van der Waals surface area contributed by atoms with Crippen LogP contribution in [-0.4, -0.2) is 23.0 Å². The molecule has 98 valence electrons. The summed E-state index contributed by atoms with van der Waals surface area (Å²) in [7, 11) is 1.38. The van der Waals surface area contributed by atoms with Crippen LogP contribution in [0.5, 0.6) is 0 Å². The molecule has 0 radical (unpaired) electrons. The second-order valence-electron chi connectivity index (χ2n) is 4.12. The number of methoxy groups -OCH3 is 1. The summed E-state index contributed by atoms with van der Waals surface area (Å²) in [5, 5.41) is 3.17. The normalized spacial score (nSPS) is 10.0. The van der Waals surface area contributed by atoms with Crippen LogP contribution in [-0.2, 0) is 16.0 Å². The third-order valence-electron chi connectivity index (χ3n) is 2.61. The molecule has 1 aromatic carbocycles. The van der Waals surface area contributed by atoms with Crippen molar-refractivity contribution in [3.05, 3.63) is 47.9 Å². The molecule has 1 aromatic heterocycles. The lowest BCUT2D eigenvalue weighted by Gasteiger charge is -2.06. The SMILES string of the molecule is COC(=O)Cc1ccc(Nc2cc(C)ncn2)cc1. The summed E-state index contributed by atoms with van der Waals surface area (Å²) in [6, 6.07) is 9.42. The minimum absolute atomic E-state index is 0.243. The number of anilines is 2. The monoisotopic (exact) mass is 257 g/mol. The molecule has 0 atom stereocenters. The van der Waals surface area contributed by atoms with Crippen LogP contribution in [0.15, 0.2) is 36.7 Å². The number of carbonyl (C=O) groups excluding carboxylic acids is 1. The number of benzene rings is 1. The lowest BCUT2D eigenvalue weighted by molar-refractivity contribution is -0.139.